The second-order valence-corrected chi connectivity index (χ2v) is 3.24. The molecule has 3 nitrogen and oxygen atoms in total. The zero-order valence-corrected chi connectivity index (χ0v) is 8.71. The molecule has 0 saturated heterocycles. The van der Waals surface area contributed by atoms with Gasteiger partial charge in [-0.3, -0.25) is 9.59 Å². The molecule has 14 heavy (non-hydrogen) atoms. The van der Waals surface area contributed by atoms with E-state index in [0.717, 1.165) is 5.69 Å². The first kappa shape index (κ1) is 10.7. The number of rotatable bonds is 2. The number of amides is 1. The molecule has 0 heterocycles. The van der Waals surface area contributed by atoms with Gasteiger partial charge in [-0.25, -0.2) is 0 Å². The normalized spacial score (nSPS) is 9.64. The first-order chi connectivity index (χ1) is 6.52. The van der Waals surface area contributed by atoms with Crippen molar-refractivity contribution in [3.8, 4) is 0 Å². The first-order valence-corrected chi connectivity index (χ1v) is 4.44. The molecule has 0 atom stereocenters. The smallest absolute Gasteiger partial charge is 0.252 e. The summed E-state index contributed by atoms with van der Waals surface area (Å²) in [6.45, 7) is 1.47. The van der Waals surface area contributed by atoms with Gasteiger partial charge in [-0.15, -0.1) is 0 Å². The fraction of sp³-hybridized carbons (Fsp3) is 0.200. The summed E-state index contributed by atoms with van der Waals surface area (Å²) in [5.74, 6) is -0.0602. The van der Waals surface area contributed by atoms with E-state index in [1.165, 1.54) is 11.8 Å². The largest absolute Gasteiger partial charge is 0.316 e. The summed E-state index contributed by atoms with van der Waals surface area (Å²) in [5.41, 5.74) is 1.16. The Hall–Kier alpha value is -1.35. The van der Waals surface area contributed by atoms with Crippen molar-refractivity contribution in [3.05, 3.63) is 29.8 Å². The second-order valence-electron chi connectivity index (χ2n) is 2.90. The highest BCUT2D eigenvalue weighted by Gasteiger charge is 2.06. The number of hydrogen-bond donors (Lipinski definition) is 0. The number of halogens is 1. The number of hydrogen-bond acceptors (Lipinski definition) is 2. The Bertz CT molecular complexity index is 359. The van der Waals surface area contributed by atoms with Gasteiger partial charge in [-0.1, -0.05) is 0 Å². The van der Waals surface area contributed by atoms with Gasteiger partial charge in [0.1, 0.15) is 0 Å². The third kappa shape index (κ3) is 2.33. The summed E-state index contributed by atoms with van der Waals surface area (Å²) in [4.78, 5) is 23.2. The van der Waals surface area contributed by atoms with Gasteiger partial charge in [0.15, 0.2) is 0 Å². The molecule has 0 bridgehead atoms. The summed E-state index contributed by atoms with van der Waals surface area (Å²) in [7, 11) is 1.67. The maximum atomic E-state index is 11.0. The molecule has 0 aliphatic heterocycles. The monoisotopic (exact) mass is 211 g/mol. The van der Waals surface area contributed by atoms with Crippen molar-refractivity contribution in [2.45, 2.75) is 6.92 Å². The molecule has 1 amide bonds. The van der Waals surface area contributed by atoms with Crippen LogP contribution >= 0.6 is 11.6 Å². The minimum absolute atomic E-state index is 0.0602. The Labute approximate surface area is 87.3 Å². The van der Waals surface area contributed by atoms with E-state index < -0.39 is 5.24 Å². The van der Waals surface area contributed by atoms with Gasteiger partial charge in [0, 0.05) is 25.2 Å². The Balaban J connectivity index is 2.94. The van der Waals surface area contributed by atoms with Gasteiger partial charge in [0.2, 0.25) is 5.91 Å². The van der Waals surface area contributed by atoms with E-state index in [2.05, 4.69) is 0 Å². The Morgan fingerprint density at radius 3 is 2.07 bits per heavy atom. The summed E-state index contributed by atoms with van der Waals surface area (Å²) < 4.78 is 0. The van der Waals surface area contributed by atoms with E-state index in [4.69, 9.17) is 11.6 Å². The number of anilines is 1. The summed E-state index contributed by atoms with van der Waals surface area (Å²) in [6.07, 6.45) is 0. The third-order valence-corrected chi connectivity index (χ3v) is 2.17. The zero-order valence-electron chi connectivity index (χ0n) is 7.95. The van der Waals surface area contributed by atoms with Gasteiger partial charge < -0.3 is 4.90 Å². The highest BCUT2D eigenvalue weighted by Crippen LogP contribution is 2.14. The van der Waals surface area contributed by atoms with Crippen LogP contribution in [0.2, 0.25) is 0 Å². The van der Waals surface area contributed by atoms with Gasteiger partial charge in [0.05, 0.1) is 0 Å². The predicted molar refractivity (Wildman–Crippen MR) is 55.7 cm³/mol. The van der Waals surface area contributed by atoms with Gasteiger partial charge >= 0.3 is 0 Å². The van der Waals surface area contributed by atoms with Crippen molar-refractivity contribution in [1.29, 1.82) is 0 Å². The number of carbonyl (C=O) groups excluding carboxylic acids is 2. The molecule has 0 saturated carbocycles. The van der Waals surface area contributed by atoms with Crippen molar-refractivity contribution in [2.75, 3.05) is 11.9 Å². The Kier molecular flexibility index (Phi) is 3.25. The fourth-order valence-electron chi connectivity index (χ4n) is 0.998. The molecular formula is C10H10ClNO2. The topological polar surface area (TPSA) is 37.4 Å². The Morgan fingerprint density at radius 1 is 1.21 bits per heavy atom. The average Bonchev–Trinajstić information content (AvgIpc) is 2.16. The molecule has 0 N–H and O–H groups in total. The molecule has 1 rings (SSSR count). The highest BCUT2D eigenvalue weighted by atomic mass is 35.5. The second kappa shape index (κ2) is 4.24. The van der Waals surface area contributed by atoms with Crippen LogP contribution in [0.15, 0.2) is 24.3 Å². The summed E-state index contributed by atoms with van der Waals surface area (Å²) >= 11 is 5.28. The van der Waals surface area contributed by atoms with E-state index >= 15 is 0 Å². The van der Waals surface area contributed by atoms with Gasteiger partial charge in [-0.05, 0) is 35.9 Å². The Morgan fingerprint density at radius 2 is 1.71 bits per heavy atom. The van der Waals surface area contributed by atoms with Crippen LogP contribution in [0.4, 0.5) is 5.69 Å². The lowest BCUT2D eigenvalue weighted by Gasteiger charge is -2.14. The van der Waals surface area contributed by atoms with Crippen LogP contribution in [-0.2, 0) is 4.79 Å². The molecule has 4 heteroatoms. The number of nitrogens with zero attached hydrogens (tertiary/aromatic N) is 1. The van der Waals surface area contributed by atoms with Crippen LogP contribution in [0.5, 0.6) is 0 Å². The standard InChI is InChI=1S/C10H10ClNO2/c1-7(13)12(2)9-5-3-8(4-6-9)10(11)14/h3-6H,1-2H3. The molecule has 0 fully saturated rings. The molecule has 0 aliphatic rings. The molecule has 0 aliphatic carbocycles. The van der Waals surface area contributed by atoms with Crippen LogP contribution < -0.4 is 4.90 Å². The van der Waals surface area contributed by atoms with E-state index in [9.17, 15) is 9.59 Å². The highest BCUT2D eigenvalue weighted by molar-refractivity contribution is 6.67. The predicted octanol–water partition coefficient (Wildman–Crippen LogP) is 2.05. The molecule has 0 unspecified atom stereocenters. The van der Waals surface area contributed by atoms with Gasteiger partial charge in [-0.2, -0.15) is 0 Å². The van der Waals surface area contributed by atoms with Crippen molar-refractivity contribution >= 4 is 28.4 Å². The molecule has 74 valence electrons. The van der Waals surface area contributed by atoms with E-state index in [0.29, 0.717) is 5.56 Å². The minimum Gasteiger partial charge on any atom is -0.316 e. The van der Waals surface area contributed by atoms with E-state index in [-0.39, 0.29) is 5.91 Å². The average molecular weight is 212 g/mol. The van der Waals surface area contributed by atoms with E-state index in [1.54, 1.807) is 31.3 Å². The lowest BCUT2D eigenvalue weighted by molar-refractivity contribution is -0.116. The van der Waals surface area contributed by atoms with Crippen molar-refractivity contribution in [2.24, 2.45) is 0 Å². The van der Waals surface area contributed by atoms with Crippen LogP contribution in [0, 0.1) is 0 Å². The van der Waals surface area contributed by atoms with Crippen LogP contribution in [-0.4, -0.2) is 18.2 Å². The lowest BCUT2D eigenvalue weighted by Crippen LogP contribution is -2.22. The zero-order chi connectivity index (χ0) is 10.7. The quantitative estimate of drug-likeness (QED) is 0.703. The molecule has 0 aromatic heterocycles. The van der Waals surface area contributed by atoms with Crippen LogP contribution in [0.3, 0.4) is 0 Å². The third-order valence-electron chi connectivity index (χ3n) is 1.95. The number of benzene rings is 1. The minimum atomic E-state index is -0.498. The maximum Gasteiger partial charge on any atom is 0.252 e. The summed E-state index contributed by atoms with van der Waals surface area (Å²) in [6, 6.07) is 6.53. The van der Waals surface area contributed by atoms with Crippen molar-refractivity contribution in [3.63, 3.8) is 0 Å². The fourth-order valence-corrected chi connectivity index (χ4v) is 1.12. The SMILES string of the molecule is CC(=O)N(C)c1ccc(C(=O)Cl)cc1. The maximum absolute atomic E-state index is 11.0. The molecule has 1 aromatic carbocycles. The van der Waals surface area contributed by atoms with Crippen molar-refractivity contribution < 1.29 is 9.59 Å². The molecule has 0 radical (unpaired) electrons. The lowest BCUT2D eigenvalue weighted by atomic mass is 10.2. The first-order valence-electron chi connectivity index (χ1n) is 4.06. The van der Waals surface area contributed by atoms with E-state index in [1.807, 2.05) is 0 Å². The molecule has 1 aromatic rings. The molecular weight excluding hydrogens is 202 g/mol. The van der Waals surface area contributed by atoms with Crippen molar-refractivity contribution in [1.82, 2.24) is 0 Å². The number of carbonyl (C=O) groups is 2. The summed E-state index contributed by atoms with van der Waals surface area (Å²) in [5, 5.41) is -0.498. The van der Waals surface area contributed by atoms with Crippen LogP contribution in [0.25, 0.3) is 0 Å². The van der Waals surface area contributed by atoms with Crippen LogP contribution in [0.1, 0.15) is 17.3 Å². The van der Waals surface area contributed by atoms with Gasteiger partial charge in [0.25, 0.3) is 5.24 Å². The molecule has 0 spiro atoms.